The van der Waals surface area contributed by atoms with Gasteiger partial charge in [0.25, 0.3) is 10.0 Å². The van der Waals surface area contributed by atoms with Gasteiger partial charge in [0, 0.05) is 0 Å². The molecular weight excluding hydrogens is 308 g/mol. The quantitative estimate of drug-likeness (QED) is 0.849. The maximum atomic E-state index is 13.7. The second-order valence-corrected chi connectivity index (χ2v) is 6.22. The van der Waals surface area contributed by atoms with Crippen molar-refractivity contribution < 1.29 is 17.2 Å². The van der Waals surface area contributed by atoms with Gasteiger partial charge < -0.3 is 5.73 Å². The lowest BCUT2D eigenvalue weighted by atomic mass is 10.3. The van der Waals surface area contributed by atoms with Gasteiger partial charge in [-0.2, -0.15) is 5.26 Å². The maximum Gasteiger partial charge on any atom is 0.265 e. The molecule has 2 aromatic rings. The van der Waals surface area contributed by atoms with Gasteiger partial charge in [-0.3, -0.25) is 4.72 Å². The van der Waals surface area contributed by atoms with E-state index in [0.29, 0.717) is 0 Å². The third kappa shape index (κ3) is 2.43. The van der Waals surface area contributed by atoms with E-state index in [4.69, 9.17) is 11.0 Å². The number of benzene rings is 1. The Hall–Kier alpha value is -2.18. The molecule has 0 unspecified atom stereocenters. The molecule has 2 rings (SSSR count). The van der Waals surface area contributed by atoms with Crippen LogP contribution in [0.5, 0.6) is 0 Å². The van der Waals surface area contributed by atoms with Gasteiger partial charge in [0.2, 0.25) is 0 Å². The van der Waals surface area contributed by atoms with Gasteiger partial charge in [-0.15, -0.1) is 11.3 Å². The van der Waals surface area contributed by atoms with Crippen molar-refractivity contribution in [3.63, 3.8) is 0 Å². The van der Waals surface area contributed by atoms with E-state index in [9.17, 15) is 17.2 Å². The van der Waals surface area contributed by atoms with Crippen LogP contribution in [0.3, 0.4) is 0 Å². The predicted octanol–water partition coefficient (Wildman–Crippen LogP) is 2.28. The molecule has 104 valence electrons. The summed E-state index contributed by atoms with van der Waals surface area (Å²) in [6, 6.07) is 4.73. The van der Waals surface area contributed by atoms with Gasteiger partial charge in [0.05, 0.1) is 5.56 Å². The molecule has 0 aliphatic heterocycles. The summed E-state index contributed by atoms with van der Waals surface area (Å²) in [5.41, 5.74) is 4.35. The second-order valence-electron chi connectivity index (χ2n) is 3.65. The van der Waals surface area contributed by atoms with E-state index in [1.54, 1.807) is 6.07 Å². The third-order valence-electron chi connectivity index (χ3n) is 2.39. The topological polar surface area (TPSA) is 96.0 Å². The first-order chi connectivity index (χ1) is 9.36. The van der Waals surface area contributed by atoms with Crippen LogP contribution in [-0.4, -0.2) is 8.42 Å². The average molecular weight is 315 g/mol. The summed E-state index contributed by atoms with van der Waals surface area (Å²) in [7, 11) is -4.30. The van der Waals surface area contributed by atoms with Crippen LogP contribution in [0.2, 0.25) is 0 Å². The fourth-order valence-corrected chi connectivity index (χ4v) is 3.57. The monoisotopic (exact) mass is 315 g/mol. The molecule has 0 spiro atoms. The minimum atomic E-state index is -4.30. The summed E-state index contributed by atoms with van der Waals surface area (Å²) in [6.45, 7) is 0. The molecule has 0 radical (unpaired) electrons. The molecule has 3 N–H and O–H groups in total. The van der Waals surface area contributed by atoms with Crippen LogP contribution in [-0.2, 0) is 10.0 Å². The van der Waals surface area contributed by atoms with Crippen LogP contribution in [0.4, 0.5) is 19.5 Å². The van der Waals surface area contributed by atoms with Crippen LogP contribution >= 0.6 is 11.3 Å². The largest absolute Gasteiger partial charge is 0.394 e. The normalized spacial score (nSPS) is 11.1. The van der Waals surface area contributed by atoms with Crippen molar-refractivity contribution in [1.82, 2.24) is 0 Å². The Balaban J connectivity index is 2.47. The summed E-state index contributed by atoms with van der Waals surface area (Å²) in [5.74, 6) is -2.41. The van der Waals surface area contributed by atoms with Crippen LogP contribution in [0, 0.1) is 23.0 Å². The number of hydrogen-bond acceptors (Lipinski definition) is 5. The van der Waals surface area contributed by atoms with E-state index in [1.165, 1.54) is 11.4 Å². The lowest BCUT2D eigenvalue weighted by Gasteiger charge is -2.09. The molecule has 1 aromatic carbocycles. The number of thiophene rings is 1. The molecule has 0 bridgehead atoms. The predicted molar refractivity (Wildman–Crippen MR) is 70.6 cm³/mol. The van der Waals surface area contributed by atoms with Crippen molar-refractivity contribution in [2.45, 2.75) is 4.90 Å². The van der Waals surface area contributed by atoms with E-state index in [0.717, 1.165) is 23.5 Å². The highest BCUT2D eigenvalue weighted by atomic mass is 32.2. The average Bonchev–Trinajstić information content (AvgIpc) is 2.82. The number of nitrogens with zero attached hydrogens (tertiary/aromatic N) is 1. The number of nitrogen functional groups attached to an aromatic ring is 1. The molecule has 9 heteroatoms. The fraction of sp³-hybridized carbons (Fsp3) is 0. The highest BCUT2D eigenvalue weighted by Gasteiger charge is 2.24. The zero-order chi connectivity index (χ0) is 14.9. The van der Waals surface area contributed by atoms with Gasteiger partial charge in [-0.05, 0) is 23.6 Å². The van der Waals surface area contributed by atoms with E-state index in [1.807, 2.05) is 0 Å². The summed E-state index contributed by atoms with van der Waals surface area (Å²) < 4.78 is 52.9. The first-order valence-electron chi connectivity index (χ1n) is 5.10. The first-order valence-corrected chi connectivity index (χ1v) is 7.47. The van der Waals surface area contributed by atoms with Gasteiger partial charge in [-0.25, -0.2) is 17.2 Å². The molecule has 0 saturated carbocycles. The SMILES string of the molecule is N#Cc1ccsc1NS(=O)(=O)c1ccc(F)c(N)c1F. The van der Waals surface area contributed by atoms with E-state index >= 15 is 0 Å². The molecule has 20 heavy (non-hydrogen) atoms. The molecule has 1 heterocycles. The van der Waals surface area contributed by atoms with Crippen LogP contribution in [0.15, 0.2) is 28.5 Å². The Morgan fingerprint density at radius 2 is 2.00 bits per heavy atom. The van der Waals surface area contributed by atoms with Crippen LogP contribution < -0.4 is 10.5 Å². The summed E-state index contributed by atoms with van der Waals surface area (Å²) >= 11 is 0.968. The van der Waals surface area contributed by atoms with Crippen molar-refractivity contribution in [2.24, 2.45) is 0 Å². The lowest BCUT2D eigenvalue weighted by molar-refractivity contribution is 0.557. The standard InChI is InChI=1S/C11H7F2N3O2S2/c12-7-1-2-8(9(13)10(7)15)20(17,18)16-11-6(5-14)3-4-19-11/h1-4,16H,15H2. The minimum Gasteiger partial charge on any atom is -0.394 e. The Kier molecular flexibility index (Phi) is 3.61. The summed E-state index contributed by atoms with van der Waals surface area (Å²) in [6.07, 6.45) is 0. The van der Waals surface area contributed by atoms with Crippen molar-refractivity contribution in [1.29, 1.82) is 5.26 Å². The van der Waals surface area contributed by atoms with Crippen LogP contribution in [0.25, 0.3) is 0 Å². The van der Waals surface area contributed by atoms with Crippen molar-refractivity contribution in [2.75, 3.05) is 10.5 Å². The number of hydrogen-bond donors (Lipinski definition) is 2. The van der Waals surface area contributed by atoms with Crippen molar-refractivity contribution in [3.8, 4) is 6.07 Å². The zero-order valence-electron chi connectivity index (χ0n) is 9.72. The molecule has 5 nitrogen and oxygen atoms in total. The minimum absolute atomic E-state index is 0.0507. The maximum absolute atomic E-state index is 13.7. The number of halogens is 2. The number of nitrogens with two attached hydrogens (primary N) is 1. The zero-order valence-corrected chi connectivity index (χ0v) is 11.4. The molecule has 0 saturated heterocycles. The van der Waals surface area contributed by atoms with E-state index < -0.39 is 32.2 Å². The molecule has 0 aliphatic carbocycles. The number of nitrogens with one attached hydrogen (secondary N) is 1. The molecular formula is C11H7F2N3O2S2. The Morgan fingerprint density at radius 3 is 2.65 bits per heavy atom. The fourth-order valence-electron chi connectivity index (χ4n) is 1.41. The van der Waals surface area contributed by atoms with Crippen LogP contribution in [0.1, 0.15) is 5.56 Å². The number of rotatable bonds is 3. The van der Waals surface area contributed by atoms with E-state index in [-0.39, 0.29) is 10.6 Å². The summed E-state index contributed by atoms with van der Waals surface area (Å²) in [5, 5.41) is 10.3. The lowest BCUT2D eigenvalue weighted by Crippen LogP contribution is -2.15. The van der Waals surface area contributed by atoms with Gasteiger partial charge in [0.15, 0.2) is 5.82 Å². The highest BCUT2D eigenvalue weighted by molar-refractivity contribution is 7.93. The molecule has 0 atom stereocenters. The number of nitriles is 1. The van der Waals surface area contributed by atoms with Gasteiger partial charge >= 0.3 is 0 Å². The first kappa shape index (κ1) is 14.2. The molecule has 0 fully saturated rings. The molecule has 0 aliphatic rings. The molecule has 1 aromatic heterocycles. The van der Waals surface area contributed by atoms with E-state index in [2.05, 4.69) is 4.72 Å². The van der Waals surface area contributed by atoms with Crippen molar-refractivity contribution in [3.05, 3.63) is 40.8 Å². The van der Waals surface area contributed by atoms with Crippen molar-refractivity contribution >= 4 is 32.0 Å². The Bertz CT molecular complexity index is 810. The smallest absolute Gasteiger partial charge is 0.265 e. The van der Waals surface area contributed by atoms with Gasteiger partial charge in [0.1, 0.15) is 27.5 Å². The summed E-state index contributed by atoms with van der Waals surface area (Å²) in [4.78, 5) is -0.784. The molecule has 0 amide bonds. The van der Waals surface area contributed by atoms with Gasteiger partial charge in [-0.1, -0.05) is 0 Å². The second kappa shape index (κ2) is 5.07. The Labute approximate surface area is 117 Å². The highest BCUT2D eigenvalue weighted by Crippen LogP contribution is 2.28. The number of sulfonamides is 1. The number of anilines is 2. The Morgan fingerprint density at radius 1 is 1.30 bits per heavy atom. The third-order valence-corrected chi connectivity index (χ3v) is 4.72.